The van der Waals surface area contributed by atoms with E-state index in [9.17, 15) is 4.79 Å². The molecule has 1 atom stereocenters. The smallest absolute Gasteiger partial charge is 0.155 e. The van der Waals surface area contributed by atoms with Crippen molar-refractivity contribution in [1.82, 2.24) is 10.6 Å². The van der Waals surface area contributed by atoms with E-state index in [0.717, 1.165) is 25.8 Å². The maximum atomic E-state index is 12.3. The lowest BCUT2D eigenvalue weighted by Gasteiger charge is -2.27. The van der Waals surface area contributed by atoms with Gasteiger partial charge in [-0.25, -0.2) is 0 Å². The maximum Gasteiger partial charge on any atom is 0.155 e. The normalized spacial score (nSPS) is 12.9. The quantitative estimate of drug-likeness (QED) is 0.666. The molecule has 2 N–H and O–H groups in total. The molecule has 0 aliphatic carbocycles. The average Bonchev–Trinajstić information content (AvgIpc) is 2.33. The number of Topliss-reactive ketones (excluding diaryl/α,β-unsaturated/α-hetero) is 1. The zero-order chi connectivity index (χ0) is 15.5. The first-order chi connectivity index (χ1) is 8.79. The summed E-state index contributed by atoms with van der Waals surface area (Å²) in [4.78, 5) is 12.3. The second kappa shape index (κ2) is 11.4. The van der Waals surface area contributed by atoms with Gasteiger partial charge in [0.2, 0.25) is 0 Å². The number of hydrogen-bond donors (Lipinski definition) is 2. The zero-order valence-electron chi connectivity index (χ0n) is 14.4. The molecule has 0 amide bonds. The van der Waals surface area contributed by atoms with Gasteiger partial charge in [-0.1, -0.05) is 54.9 Å². The number of unbranched alkanes of at least 4 members (excludes halogenated alkanes) is 1. The van der Waals surface area contributed by atoms with Crippen molar-refractivity contribution < 1.29 is 4.79 Å². The van der Waals surface area contributed by atoms with Crippen LogP contribution in [0.5, 0.6) is 0 Å². The number of carbonyl (C=O) groups excluding carboxylic acids is 1. The van der Waals surface area contributed by atoms with Gasteiger partial charge in [-0.15, -0.1) is 0 Å². The van der Waals surface area contributed by atoms with Crippen LogP contribution in [0.3, 0.4) is 0 Å². The van der Waals surface area contributed by atoms with Crippen LogP contribution in [0, 0.1) is 5.41 Å². The van der Waals surface area contributed by atoms with Gasteiger partial charge in [0, 0.05) is 11.5 Å². The van der Waals surface area contributed by atoms with E-state index < -0.39 is 0 Å². The third-order valence-corrected chi connectivity index (χ3v) is 2.76. The second-order valence-electron chi connectivity index (χ2n) is 6.09. The summed E-state index contributed by atoms with van der Waals surface area (Å²) in [6.45, 7) is 15.2. The first-order valence-electron chi connectivity index (χ1n) is 7.74. The zero-order valence-corrected chi connectivity index (χ0v) is 14.4. The Morgan fingerprint density at radius 1 is 1.11 bits per heavy atom. The average molecular weight is 272 g/mol. The van der Waals surface area contributed by atoms with E-state index in [1.165, 1.54) is 0 Å². The molecule has 3 heteroatoms. The van der Waals surface area contributed by atoms with Crippen molar-refractivity contribution in [1.29, 1.82) is 0 Å². The Balaban J connectivity index is 0. The van der Waals surface area contributed by atoms with Crippen molar-refractivity contribution in [2.75, 3.05) is 13.6 Å². The number of ketones is 1. The van der Waals surface area contributed by atoms with Crippen molar-refractivity contribution >= 4 is 5.78 Å². The van der Waals surface area contributed by atoms with Crippen molar-refractivity contribution in [3.63, 3.8) is 0 Å². The minimum Gasteiger partial charge on any atom is -0.320 e. The predicted molar refractivity (Wildman–Crippen MR) is 85.6 cm³/mol. The van der Waals surface area contributed by atoms with Crippen molar-refractivity contribution in [3.8, 4) is 0 Å². The number of nitrogens with one attached hydrogen (secondary N) is 2. The molecule has 1 unspecified atom stereocenters. The summed E-state index contributed by atoms with van der Waals surface area (Å²) in [7, 11) is 1.96. The van der Waals surface area contributed by atoms with E-state index >= 15 is 0 Å². The molecule has 19 heavy (non-hydrogen) atoms. The van der Waals surface area contributed by atoms with Crippen LogP contribution in [-0.2, 0) is 4.79 Å². The Bertz CT molecular complexity index is 219. The molecule has 0 saturated carbocycles. The fraction of sp³-hybridized carbons (Fsp3) is 0.938. The molecule has 0 rings (SSSR count). The summed E-state index contributed by atoms with van der Waals surface area (Å²) in [5, 5.41) is 6.53. The molecule has 0 heterocycles. The number of rotatable bonds is 8. The van der Waals surface area contributed by atoms with Gasteiger partial charge in [-0.3, -0.25) is 4.79 Å². The predicted octanol–water partition coefficient (Wildman–Crippen LogP) is 3.38. The van der Waals surface area contributed by atoms with Crippen LogP contribution in [0.2, 0.25) is 0 Å². The van der Waals surface area contributed by atoms with Crippen LogP contribution in [0.1, 0.15) is 67.7 Å². The lowest BCUT2D eigenvalue weighted by Crippen LogP contribution is -2.45. The van der Waals surface area contributed by atoms with Crippen LogP contribution < -0.4 is 10.6 Å². The van der Waals surface area contributed by atoms with Crippen molar-refractivity contribution in [3.05, 3.63) is 0 Å². The van der Waals surface area contributed by atoms with E-state index in [0.29, 0.717) is 11.8 Å². The Labute approximate surface area is 120 Å². The summed E-state index contributed by atoms with van der Waals surface area (Å²) in [5.41, 5.74) is -0.254. The molecule has 0 aromatic carbocycles. The van der Waals surface area contributed by atoms with E-state index in [1.54, 1.807) is 0 Å². The van der Waals surface area contributed by atoms with Gasteiger partial charge in [0.15, 0.2) is 5.78 Å². The molecule has 0 aromatic heterocycles. The third-order valence-electron chi connectivity index (χ3n) is 2.76. The third kappa shape index (κ3) is 11.1. The summed E-state index contributed by atoms with van der Waals surface area (Å²) < 4.78 is 0. The molecule has 0 aromatic rings. The molecule has 0 spiro atoms. The van der Waals surface area contributed by atoms with Gasteiger partial charge in [-0.05, 0) is 26.4 Å². The van der Waals surface area contributed by atoms with Crippen molar-refractivity contribution in [2.45, 2.75) is 79.8 Å². The molecule has 116 valence electrons. The molecule has 0 saturated heterocycles. The monoisotopic (exact) mass is 272 g/mol. The van der Waals surface area contributed by atoms with Gasteiger partial charge >= 0.3 is 0 Å². The molecule has 0 aliphatic rings. The fourth-order valence-electron chi connectivity index (χ4n) is 1.87. The summed E-state index contributed by atoms with van der Waals surface area (Å²) >= 11 is 0. The Morgan fingerprint density at radius 2 is 1.63 bits per heavy atom. The highest BCUT2D eigenvalue weighted by Gasteiger charge is 2.29. The van der Waals surface area contributed by atoms with Gasteiger partial charge in [0.1, 0.15) is 0 Å². The molecule has 0 aliphatic heterocycles. The molecule has 0 fully saturated rings. The lowest BCUT2D eigenvalue weighted by molar-refractivity contribution is -0.128. The Morgan fingerprint density at radius 3 is 2.00 bits per heavy atom. The topological polar surface area (TPSA) is 41.1 Å². The first kappa shape index (κ1) is 20.9. The largest absolute Gasteiger partial charge is 0.320 e. The highest BCUT2D eigenvalue weighted by atomic mass is 16.1. The van der Waals surface area contributed by atoms with Crippen molar-refractivity contribution in [2.24, 2.45) is 5.41 Å². The molecule has 3 nitrogen and oxygen atoms in total. The van der Waals surface area contributed by atoms with Crippen LogP contribution in [-0.4, -0.2) is 31.5 Å². The summed E-state index contributed by atoms with van der Waals surface area (Å²) in [6.07, 6.45) is 3.16. The van der Waals surface area contributed by atoms with Crippen LogP contribution in [0.15, 0.2) is 0 Å². The fourth-order valence-corrected chi connectivity index (χ4v) is 1.87. The van der Waals surface area contributed by atoms with E-state index in [4.69, 9.17) is 0 Å². The second-order valence-corrected chi connectivity index (χ2v) is 6.09. The summed E-state index contributed by atoms with van der Waals surface area (Å²) in [6, 6.07) is 0.363. The van der Waals surface area contributed by atoms with Crippen LogP contribution >= 0.6 is 0 Å². The van der Waals surface area contributed by atoms with Gasteiger partial charge in [0.05, 0.1) is 6.04 Å². The molecule has 0 radical (unpaired) electrons. The Kier molecular flexibility index (Phi) is 12.6. The summed E-state index contributed by atoms with van der Waals surface area (Å²) in [5.74, 6) is 0.329. The van der Waals surface area contributed by atoms with Gasteiger partial charge < -0.3 is 10.6 Å². The lowest BCUT2D eigenvalue weighted by atomic mass is 9.84. The van der Waals surface area contributed by atoms with Gasteiger partial charge in [0.25, 0.3) is 0 Å². The number of hydrogen-bond acceptors (Lipinski definition) is 3. The van der Waals surface area contributed by atoms with Gasteiger partial charge in [-0.2, -0.15) is 0 Å². The Hall–Kier alpha value is -0.410. The SMILES string of the molecule is CC.CNCCCCC(NC(C)C)C(=O)C(C)(C)C. The van der Waals surface area contributed by atoms with E-state index in [-0.39, 0.29) is 11.5 Å². The van der Waals surface area contributed by atoms with Crippen LogP contribution in [0.4, 0.5) is 0 Å². The standard InChI is InChI=1S/C14H30N2O.C2H6/c1-11(2)16-12(9-7-8-10-15-6)13(17)14(3,4)5;1-2/h11-12,15-16H,7-10H2,1-6H3;1-2H3. The van der Waals surface area contributed by atoms with E-state index in [2.05, 4.69) is 24.5 Å². The first-order valence-corrected chi connectivity index (χ1v) is 7.74. The minimum absolute atomic E-state index is 0.00635. The van der Waals surface area contributed by atoms with E-state index in [1.807, 2.05) is 41.7 Å². The molecule has 0 bridgehead atoms. The molecular formula is C16H36N2O. The highest BCUT2D eigenvalue weighted by Crippen LogP contribution is 2.19. The molecular weight excluding hydrogens is 236 g/mol. The number of carbonyl (C=O) groups is 1. The highest BCUT2D eigenvalue weighted by molar-refractivity contribution is 5.88. The minimum atomic E-state index is -0.254. The van der Waals surface area contributed by atoms with Crippen LogP contribution in [0.25, 0.3) is 0 Å². The maximum absolute atomic E-state index is 12.3.